The Morgan fingerprint density at radius 1 is 0.857 bits per heavy atom. The van der Waals surface area contributed by atoms with E-state index in [-0.39, 0.29) is 17.6 Å². The molecule has 0 saturated heterocycles. The van der Waals surface area contributed by atoms with Crippen molar-refractivity contribution in [3.8, 4) is 0 Å². The zero-order valence-electron chi connectivity index (χ0n) is 19.8. The first-order valence-corrected chi connectivity index (χ1v) is 13.2. The molecule has 0 atom stereocenters. The smallest absolute Gasteiger partial charge is 0.334 e. The number of allylic oxidation sites excluding steroid dienone is 4. The molecule has 0 spiro atoms. The van der Waals surface area contributed by atoms with Gasteiger partial charge in [-0.1, -0.05) is 0 Å². The Labute approximate surface area is 213 Å². The molecule has 0 unspecified atom stereocenters. The molecule has 4 rings (SSSR count). The van der Waals surface area contributed by atoms with Crippen molar-refractivity contribution in [2.75, 3.05) is 11.5 Å². The van der Waals surface area contributed by atoms with Crippen LogP contribution in [0.2, 0.25) is 0 Å². The molecule has 0 fully saturated rings. The normalized spacial score (nSPS) is 18.2. The summed E-state index contributed by atoms with van der Waals surface area (Å²) in [6.45, 7) is 5.88. The SMILES string of the molecule is CC1=C(C2(Cc3ccncc3)C(C(=O)O)=C(C)N(Cc3ccncc3)C(C)=C2C(=O)O)SCCS1. The van der Waals surface area contributed by atoms with E-state index in [1.54, 1.807) is 62.2 Å². The van der Waals surface area contributed by atoms with Crippen molar-refractivity contribution in [1.82, 2.24) is 14.9 Å². The third-order valence-corrected chi connectivity index (χ3v) is 9.26. The van der Waals surface area contributed by atoms with E-state index < -0.39 is 17.4 Å². The Bertz CT molecular complexity index is 1200. The van der Waals surface area contributed by atoms with Crippen molar-refractivity contribution >= 4 is 35.5 Å². The number of nitrogens with zero attached hydrogens (tertiary/aromatic N) is 3. The Kier molecular flexibility index (Phi) is 7.37. The predicted molar refractivity (Wildman–Crippen MR) is 138 cm³/mol. The highest BCUT2D eigenvalue weighted by molar-refractivity contribution is 8.10. The predicted octanol–water partition coefficient (Wildman–Crippen LogP) is 4.95. The lowest BCUT2D eigenvalue weighted by molar-refractivity contribution is -0.135. The highest BCUT2D eigenvalue weighted by atomic mass is 32.2. The van der Waals surface area contributed by atoms with Crippen LogP contribution in [-0.2, 0) is 22.6 Å². The average molecular weight is 510 g/mol. The number of aliphatic carboxylic acids is 2. The topological polar surface area (TPSA) is 104 Å². The largest absolute Gasteiger partial charge is 0.478 e. The summed E-state index contributed by atoms with van der Waals surface area (Å²) in [7, 11) is 0. The molecular weight excluding hydrogens is 482 g/mol. The van der Waals surface area contributed by atoms with Gasteiger partial charge in [-0.3, -0.25) is 9.97 Å². The van der Waals surface area contributed by atoms with Crippen molar-refractivity contribution in [2.45, 2.75) is 33.7 Å². The van der Waals surface area contributed by atoms with Gasteiger partial charge in [-0.05, 0) is 67.5 Å². The number of carboxylic acid groups (broad SMARTS) is 2. The van der Waals surface area contributed by atoms with E-state index in [4.69, 9.17) is 0 Å². The lowest BCUT2D eigenvalue weighted by Gasteiger charge is -2.47. The van der Waals surface area contributed by atoms with Gasteiger partial charge in [0, 0.05) is 59.1 Å². The van der Waals surface area contributed by atoms with Gasteiger partial charge >= 0.3 is 11.9 Å². The molecule has 2 aromatic rings. The van der Waals surface area contributed by atoms with Crippen LogP contribution in [0, 0.1) is 5.41 Å². The van der Waals surface area contributed by atoms with Crippen molar-refractivity contribution < 1.29 is 19.8 Å². The van der Waals surface area contributed by atoms with E-state index in [0.29, 0.717) is 17.9 Å². The minimum atomic E-state index is -1.33. The van der Waals surface area contributed by atoms with Gasteiger partial charge in [0.1, 0.15) is 0 Å². The van der Waals surface area contributed by atoms with Crippen molar-refractivity contribution in [3.63, 3.8) is 0 Å². The molecule has 0 aromatic carbocycles. The number of rotatable bonds is 7. The van der Waals surface area contributed by atoms with Crippen LogP contribution < -0.4 is 0 Å². The maximum atomic E-state index is 13.0. The van der Waals surface area contributed by atoms with E-state index in [9.17, 15) is 19.8 Å². The number of hydrogen-bond acceptors (Lipinski definition) is 7. The van der Waals surface area contributed by atoms with E-state index in [1.165, 1.54) is 0 Å². The number of carbonyl (C=O) groups is 2. The molecule has 2 N–H and O–H groups in total. The first kappa shape index (κ1) is 25.1. The summed E-state index contributed by atoms with van der Waals surface area (Å²) >= 11 is 3.23. The fraction of sp³-hybridized carbons (Fsp3) is 0.308. The molecule has 0 radical (unpaired) electrons. The minimum absolute atomic E-state index is 0.107. The van der Waals surface area contributed by atoms with Gasteiger partial charge in [0.05, 0.1) is 16.6 Å². The first-order chi connectivity index (χ1) is 16.8. The summed E-state index contributed by atoms with van der Waals surface area (Å²) in [6.07, 6.45) is 6.87. The maximum Gasteiger partial charge on any atom is 0.334 e. The monoisotopic (exact) mass is 509 g/mol. The Morgan fingerprint density at radius 2 is 1.34 bits per heavy atom. The van der Waals surface area contributed by atoms with Gasteiger partial charge in [0.2, 0.25) is 0 Å². The average Bonchev–Trinajstić information content (AvgIpc) is 2.83. The summed E-state index contributed by atoms with van der Waals surface area (Å²) in [4.78, 5) is 37.8. The Balaban J connectivity index is 2.04. The highest BCUT2D eigenvalue weighted by Gasteiger charge is 2.54. The van der Waals surface area contributed by atoms with Crippen LogP contribution in [0.4, 0.5) is 0 Å². The molecular formula is C26H27N3O4S2. The number of aromatic nitrogens is 2. The zero-order valence-corrected chi connectivity index (χ0v) is 21.4. The third kappa shape index (κ3) is 4.62. The van der Waals surface area contributed by atoms with Gasteiger partial charge in [-0.25, -0.2) is 9.59 Å². The lowest BCUT2D eigenvalue weighted by Crippen LogP contribution is -2.45. The third-order valence-electron chi connectivity index (χ3n) is 6.48. The molecule has 2 aliphatic rings. The molecule has 9 heteroatoms. The van der Waals surface area contributed by atoms with Gasteiger partial charge in [-0.15, -0.1) is 23.5 Å². The van der Waals surface area contributed by atoms with Crippen LogP contribution in [0.3, 0.4) is 0 Å². The molecule has 35 heavy (non-hydrogen) atoms. The molecule has 182 valence electrons. The number of pyridine rings is 2. The summed E-state index contributed by atoms with van der Waals surface area (Å²) in [5.41, 5.74) is 1.71. The van der Waals surface area contributed by atoms with Gasteiger partial charge in [-0.2, -0.15) is 0 Å². The standard InChI is InChI=1S/C26H27N3O4S2/c1-16-21(24(30)31)26(14-19-4-8-27-9-5-19,23-18(3)34-12-13-35-23)22(25(32)33)17(2)29(16)15-20-6-10-28-11-7-20/h4-11H,12-15H2,1-3H3,(H,30,31)(H,32,33). The van der Waals surface area contributed by atoms with Crippen molar-refractivity contribution in [3.05, 3.63) is 92.5 Å². The number of carboxylic acids is 2. The summed E-state index contributed by atoms with van der Waals surface area (Å²) in [5.74, 6) is -0.540. The molecule has 7 nitrogen and oxygen atoms in total. The molecule has 0 saturated carbocycles. The van der Waals surface area contributed by atoms with Gasteiger partial charge < -0.3 is 15.1 Å². The van der Waals surface area contributed by atoms with Gasteiger partial charge in [0.15, 0.2) is 0 Å². The van der Waals surface area contributed by atoms with E-state index in [1.807, 2.05) is 36.1 Å². The van der Waals surface area contributed by atoms with E-state index in [0.717, 1.165) is 32.4 Å². The quantitative estimate of drug-likeness (QED) is 0.536. The van der Waals surface area contributed by atoms with E-state index >= 15 is 0 Å². The number of hydrogen-bond donors (Lipinski definition) is 2. The molecule has 0 bridgehead atoms. The van der Waals surface area contributed by atoms with Crippen LogP contribution >= 0.6 is 23.5 Å². The maximum absolute atomic E-state index is 13.0. The lowest BCUT2D eigenvalue weighted by atomic mass is 9.65. The minimum Gasteiger partial charge on any atom is -0.478 e. The zero-order chi connectivity index (χ0) is 25.2. The second-order valence-electron chi connectivity index (χ2n) is 8.49. The second-order valence-corrected chi connectivity index (χ2v) is 10.9. The van der Waals surface area contributed by atoms with Crippen LogP contribution in [0.1, 0.15) is 31.9 Å². The fourth-order valence-corrected chi connectivity index (χ4v) is 7.63. The molecule has 2 aromatic heterocycles. The number of thioether (sulfide) groups is 2. The highest BCUT2D eigenvalue weighted by Crippen LogP contribution is 2.58. The van der Waals surface area contributed by atoms with Crippen molar-refractivity contribution in [2.24, 2.45) is 5.41 Å². The second kappa shape index (κ2) is 10.3. The van der Waals surface area contributed by atoms with Crippen molar-refractivity contribution in [1.29, 1.82) is 0 Å². The Morgan fingerprint density at radius 3 is 1.83 bits per heavy atom. The van der Waals surface area contributed by atoms with Crippen LogP contribution in [-0.4, -0.2) is 48.5 Å². The summed E-state index contributed by atoms with van der Waals surface area (Å²) in [5, 5.41) is 21.3. The molecule has 0 aliphatic carbocycles. The van der Waals surface area contributed by atoms with Crippen LogP contribution in [0.25, 0.3) is 0 Å². The first-order valence-electron chi connectivity index (χ1n) is 11.2. The van der Waals surface area contributed by atoms with E-state index in [2.05, 4.69) is 9.97 Å². The van der Waals surface area contributed by atoms with Crippen LogP contribution in [0.5, 0.6) is 0 Å². The Hall–Kier alpha value is -3.04. The summed E-state index contributed by atoms with van der Waals surface area (Å²) < 4.78 is 0. The fourth-order valence-electron chi connectivity index (χ4n) is 5.07. The molecule has 2 aliphatic heterocycles. The molecule has 4 heterocycles. The molecule has 0 amide bonds. The summed E-state index contributed by atoms with van der Waals surface area (Å²) in [6, 6.07) is 7.34. The van der Waals surface area contributed by atoms with Crippen LogP contribution in [0.15, 0.2) is 81.4 Å². The van der Waals surface area contributed by atoms with Gasteiger partial charge in [0.25, 0.3) is 0 Å².